The number of nitrogens with one attached hydrogen (secondary N) is 2. The average Bonchev–Trinajstić information content (AvgIpc) is 3.55. The summed E-state index contributed by atoms with van der Waals surface area (Å²) >= 11 is 1.12. The van der Waals surface area contributed by atoms with Crippen LogP contribution in [-0.2, 0) is 10.0 Å². The fourth-order valence-electron chi connectivity index (χ4n) is 3.14. The molecule has 0 radical (unpaired) electrons. The van der Waals surface area contributed by atoms with Crippen LogP contribution in [0.1, 0.15) is 0 Å². The van der Waals surface area contributed by atoms with Crippen molar-refractivity contribution in [3.05, 3.63) is 79.5 Å². The van der Waals surface area contributed by atoms with E-state index in [1.807, 2.05) is 18.2 Å². The van der Waals surface area contributed by atoms with Crippen molar-refractivity contribution in [2.24, 2.45) is 0 Å². The number of benzene rings is 1. The van der Waals surface area contributed by atoms with Gasteiger partial charge in [-0.1, -0.05) is 17.3 Å². The summed E-state index contributed by atoms with van der Waals surface area (Å²) in [4.78, 5) is 4.75. The smallest absolute Gasteiger partial charge is 0.271 e. The number of hydrogen-bond acceptors (Lipinski definition) is 7. The number of rotatable bonds is 6. The minimum absolute atomic E-state index is 0.188. The standard InChI is InChI=1S/C21H15N5O3S2/c27-31(28,20-5-4-19(30-20)18-8-11-29-25-18)26-16-3-1-2-15(12-16)21-17(13-23-24-21)14-6-9-22-10-7-14/h1-13,26H,(H,23,24). The Labute approximate surface area is 181 Å². The monoisotopic (exact) mass is 449 g/mol. The molecule has 0 aliphatic carbocycles. The van der Waals surface area contributed by atoms with Gasteiger partial charge in [0, 0.05) is 41.5 Å². The van der Waals surface area contributed by atoms with E-state index in [1.54, 1.807) is 55.0 Å². The van der Waals surface area contributed by atoms with Gasteiger partial charge in [0.15, 0.2) is 0 Å². The Kier molecular flexibility index (Phi) is 4.85. The van der Waals surface area contributed by atoms with E-state index >= 15 is 0 Å². The molecule has 154 valence electrons. The summed E-state index contributed by atoms with van der Waals surface area (Å²) in [5.41, 5.74) is 4.40. The molecular weight excluding hydrogens is 434 g/mol. The van der Waals surface area contributed by atoms with Crippen molar-refractivity contribution in [2.45, 2.75) is 4.21 Å². The summed E-state index contributed by atoms with van der Waals surface area (Å²) in [6.07, 6.45) is 6.68. The Morgan fingerprint density at radius 1 is 1.00 bits per heavy atom. The highest BCUT2D eigenvalue weighted by Crippen LogP contribution is 2.33. The largest absolute Gasteiger partial charge is 0.364 e. The first-order chi connectivity index (χ1) is 15.1. The molecule has 8 nitrogen and oxygen atoms in total. The van der Waals surface area contributed by atoms with E-state index in [2.05, 4.69) is 25.1 Å². The summed E-state index contributed by atoms with van der Waals surface area (Å²) in [7, 11) is -3.76. The van der Waals surface area contributed by atoms with Crippen LogP contribution in [-0.4, -0.2) is 28.8 Å². The number of pyridine rings is 1. The van der Waals surface area contributed by atoms with Crippen molar-refractivity contribution in [2.75, 3.05) is 4.72 Å². The molecule has 0 aliphatic rings. The second-order valence-electron chi connectivity index (χ2n) is 6.57. The van der Waals surface area contributed by atoms with E-state index in [4.69, 9.17) is 4.52 Å². The van der Waals surface area contributed by atoms with Crippen LogP contribution in [0.5, 0.6) is 0 Å². The van der Waals surface area contributed by atoms with E-state index in [-0.39, 0.29) is 4.21 Å². The SMILES string of the molecule is O=S(=O)(Nc1cccc(-c2n[nH]cc2-c2ccncc2)c1)c1ccc(-c2ccon2)s1. The maximum Gasteiger partial charge on any atom is 0.271 e. The zero-order chi connectivity index (χ0) is 21.3. The molecule has 4 aromatic heterocycles. The third kappa shape index (κ3) is 3.86. The van der Waals surface area contributed by atoms with Gasteiger partial charge in [-0.25, -0.2) is 8.42 Å². The number of aromatic nitrogens is 4. The van der Waals surface area contributed by atoms with E-state index < -0.39 is 10.0 Å². The normalized spacial score (nSPS) is 11.5. The predicted molar refractivity (Wildman–Crippen MR) is 118 cm³/mol. The van der Waals surface area contributed by atoms with Crippen LogP contribution in [0.25, 0.3) is 33.0 Å². The fourth-order valence-corrected chi connectivity index (χ4v) is 5.46. The molecule has 5 aromatic rings. The van der Waals surface area contributed by atoms with Crippen molar-refractivity contribution < 1.29 is 12.9 Å². The van der Waals surface area contributed by atoms with Crippen molar-refractivity contribution in [1.29, 1.82) is 0 Å². The second-order valence-corrected chi connectivity index (χ2v) is 9.57. The molecule has 0 saturated carbocycles. The molecule has 0 amide bonds. The van der Waals surface area contributed by atoms with Crippen LogP contribution in [0.15, 0.2) is 88.2 Å². The van der Waals surface area contributed by atoms with Gasteiger partial charge >= 0.3 is 0 Å². The molecule has 1 aromatic carbocycles. The summed E-state index contributed by atoms with van der Waals surface area (Å²) in [6.45, 7) is 0. The molecule has 0 unspecified atom stereocenters. The summed E-state index contributed by atoms with van der Waals surface area (Å²) in [5.74, 6) is 0. The van der Waals surface area contributed by atoms with Gasteiger partial charge in [-0.05, 0) is 42.0 Å². The Balaban J connectivity index is 1.44. The third-order valence-electron chi connectivity index (χ3n) is 4.56. The molecule has 2 N–H and O–H groups in total. The molecule has 0 bridgehead atoms. The van der Waals surface area contributed by atoms with Gasteiger partial charge in [-0.15, -0.1) is 11.3 Å². The van der Waals surface area contributed by atoms with Crippen molar-refractivity contribution >= 4 is 27.0 Å². The summed E-state index contributed by atoms with van der Waals surface area (Å²) in [5, 5.41) is 11.1. The zero-order valence-corrected chi connectivity index (χ0v) is 17.5. The molecule has 0 fully saturated rings. The molecule has 0 atom stereocenters. The highest BCUT2D eigenvalue weighted by atomic mass is 32.2. The van der Waals surface area contributed by atoms with Crippen molar-refractivity contribution in [3.8, 4) is 33.0 Å². The van der Waals surface area contributed by atoms with E-state index in [0.717, 1.165) is 33.7 Å². The van der Waals surface area contributed by atoms with Crippen molar-refractivity contribution in [3.63, 3.8) is 0 Å². The maximum absolute atomic E-state index is 12.9. The first kappa shape index (κ1) is 19.2. The number of sulfonamides is 1. The van der Waals surface area contributed by atoms with Gasteiger partial charge in [-0.2, -0.15) is 5.10 Å². The Morgan fingerprint density at radius 3 is 2.68 bits per heavy atom. The molecule has 0 aliphatic heterocycles. The van der Waals surface area contributed by atoms with Crippen LogP contribution < -0.4 is 4.72 Å². The van der Waals surface area contributed by atoms with Crippen molar-refractivity contribution in [1.82, 2.24) is 20.3 Å². The molecule has 10 heteroatoms. The van der Waals surface area contributed by atoms with Crippen LogP contribution in [0.4, 0.5) is 5.69 Å². The molecular formula is C21H15N5O3S2. The van der Waals surface area contributed by atoms with Gasteiger partial charge in [-0.3, -0.25) is 14.8 Å². The lowest BCUT2D eigenvalue weighted by atomic mass is 10.0. The Morgan fingerprint density at radius 2 is 1.87 bits per heavy atom. The maximum atomic E-state index is 12.9. The van der Waals surface area contributed by atoms with Gasteiger partial charge in [0.05, 0.1) is 10.6 Å². The topological polar surface area (TPSA) is 114 Å². The number of aromatic amines is 1. The average molecular weight is 450 g/mol. The van der Waals surface area contributed by atoms with E-state index in [9.17, 15) is 8.42 Å². The summed E-state index contributed by atoms with van der Waals surface area (Å²) in [6, 6.07) is 15.8. The zero-order valence-electron chi connectivity index (χ0n) is 15.9. The lowest BCUT2D eigenvalue weighted by molar-refractivity contribution is 0.422. The quantitative estimate of drug-likeness (QED) is 0.390. The molecule has 4 heterocycles. The fraction of sp³-hybridized carbons (Fsp3) is 0. The number of H-pyrrole nitrogens is 1. The predicted octanol–water partition coefficient (Wildman–Crippen LogP) is 4.66. The highest BCUT2D eigenvalue weighted by molar-refractivity contribution is 7.94. The van der Waals surface area contributed by atoms with Gasteiger partial charge in [0.25, 0.3) is 10.0 Å². The minimum Gasteiger partial charge on any atom is -0.364 e. The van der Waals surface area contributed by atoms with E-state index in [0.29, 0.717) is 16.3 Å². The highest BCUT2D eigenvalue weighted by Gasteiger charge is 2.19. The molecule has 5 rings (SSSR count). The first-order valence-corrected chi connectivity index (χ1v) is 11.5. The Bertz CT molecular complexity index is 1420. The van der Waals surface area contributed by atoms with Gasteiger partial charge in [0.1, 0.15) is 16.2 Å². The minimum atomic E-state index is -3.76. The van der Waals surface area contributed by atoms with E-state index in [1.165, 1.54) is 6.26 Å². The van der Waals surface area contributed by atoms with Crippen LogP contribution in [0.3, 0.4) is 0 Å². The summed E-state index contributed by atoms with van der Waals surface area (Å²) < 4.78 is 33.5. The van der Waals surface area contributed by atoms with Crippen LogP contribution >= 0.6 is 11.3 Å². The third-order valence-corrected chi connectivity index (χ3v) is 7.54. The second kappa shape index (κ2) is 7.82. The number of hydrogen-bond donors (Lipinski definition) is 2. The van der Waals surface area contributed by atoms with Crippen LogP contribution in [0, 0.1) is 0 Å². The number of anilines is 1. The molecule has 0 spiro atoms. The molecule has 0 saturated heterocycles. The van der Waals surface area contributed by atoms with Crippen LogP contribution in [0.2, 0.25) is 0 Å². The molecule has 31 heavy (non-hydrogen) atoms. The first-order valence-electron chi connectivity index (χ1n) is 9.18. The number of thiophene rings is 1. The van der Waals surface area contributed by atoms with Gasteiger partial charge in [0.2, 0.25) is 0 Å². The lowest BCUT2D eigenvalue weighted by Crippen LogP contribution is -2.11. The lowest BCUT2D eigenvalue weighted by Gasteiger charge is -2.08. The Hall–Kier alpha value is -3.76. The van der Waals surface area contributed by atoms with Gasteiger partial charge < -0.3 is 4.52 Å². The number of nitrogens with zero attached hydrogens (tertiary/aromatic N) is 3.